The third kappa shape index (κ3) is 13.3. The van der Waals surface area contributed by atoms with Crippen molar-refractivity contribution in [2.45, 2.75) is 84.2 Å². The number of carbonyl (C=O) groups is 3. The Hall–Kier alpha value is -2.50. The number of benzene rings is 1. The van der Waals surface area contributed by atoms with E-state index in [1.807, 2.05) is 0 Å². The number of ketones is 1. The van der Waals surface area contributed by atoms with Crippen LogP contribution in [0.3, 0.4) is 0 Å². The predicted octanol–water partition coefficient (Wildman–Crippen LogP) is 5.40. The number of carboxylic acid groups (broad SMARTS) is 1. The standard InChI is InChI=1S/C23H33NO5/c1-2-3-4-5-6-7-8-9-21(25)16-17-24-20-12-10-19(11-13-20)18-29-23(28)15-14-22(26)27/h10-13,17H,2-9,14-16,18H2,1H3,(H,26,27). The van der Waals surface area contributed by atoms with E-state index in [9.17, 15) is 14.4 Å². The van der Waals surface area contributed by atoms with Gasteiger partial charge in [0.2, 0.25) is 0 Å². The number of carbonyl (C=O) groups excluding carboxylic acids is 2. The topological polar surface area (TPSA) is 93.0 Å². The average Bonchev–Trinajstić information content (AvgIpc) is 2.71. The lowest BCUT2D eigenvalue weighted by molar-refractivity contribution is -0.148. The quantitative estimate of drug-likeness (QED) is 0.227. The molecule has 0 aliphatic carbocycles. The molecule has 0 saturated carbocycles. The maximum absolute atomic E-state index is 11.9. The number of carboxylic acids is 1. The molecule has 0 unspecified atom stereocenters. The molecule has 0 bridgehead atoms. The van der Waals surface area contributed by atoms with Gasteiger partial charge in [-0.05, 0) is 24.1 Å². The van der Waals surface area contributed by atoms with Crippen molar-refractivity contribution in [2.75, 3.05) is 0 Å². The van der Waals surface area contributed by atoms with Crippen LogP contribution in [0.4, 0.5) is 5.69 Å². The first-order chi connectivity index (χ1) is 14.0. The number of aliphatic imine (C=N–C) groups is 1. The van der Waals surface area contributed by atoms with Crippen molar-refractivity contribution >= 4 is 29.6 Å². The Morgan fingerprint density at radius 1 is 0.931 bits per heavy atom. The van der Waals surface area contributed by atoms with E-state index in [2.05, 4.69) is 11.9 Å². The number of hydrogen-bond acceptors (Lipinski definition) is 5. The number of rotatable bonds is 16. The van der Waals surface area contributed by atoms with Crippen molar-refractivity contribution in [1.82, 2.24) is 0 Å². The number of Topliss-reactive ketones (excluding diaryl/α,β-unsaturated/α-hetero) is 1. The molecule has 1 aromatic rings. The first-order valence-corrected chi connectivity index (χ1v) is 10.5. The molecule has 0 radical (unpaired) electrons. The molecular formula is C23H33NO5. The maximum atomic E-state index is 11.9. The predicted molar refractivity (Wildman–Crippen MR) is 113 cm³/mol. The minimum atomic E-state index is -1.02. The summed E-state index contributed by atoms with van der Waals surface area (Å²) in [7, 11) is 0. The SMILES string of the molecule is CCCCCCCCCC(=O)CC=Nc1ccc(COC(=O)CCC(=O)O)cc1. The molecule has 0 saturated heterocycles. The van der Waals surface area contributed by atoms with Crippen LogP contribution in [0.2, 0.25) is 0 Å². The molecule has 0 aliphatic rings. The van der Waals surface area contributed by atoms with E-state index >= 15 is 0 Å². The molecule has 29 heavy (non-hydrogen) atoms. The second kappa shape index (κ2) is 15.4. The molecule has 1 N–H and O–H groups in total. The van der Waals surface area contributed by atoms with Crippen LogP contribution in [0.25, 0.3) is 0 Å². The van der Waals surface area contributed by atoms with E-state index in [0.717, 1.165) is 24.1 Å². The fraction of sp³-hybridized carbons (Fsp3) is 0.565. The van der Waals surface area contributed by atoms with Crippen molar-refractivity contribution in [1.29, 1.82) is 0 Å². The summed E-state index contributed by atoms with van der Waals surface area (Å²) in [5, 5.41) is 8.53. The number of esters is 1. The molecule has 0 atom stereocenters. The van der Waals surface area contributed by atoms with Crippen molar-refractivity contribution in [2.24, 2.45) is 4.99 Å². The molecule has 6 nitrogen and oxygen atoms in total. The Balaban J connectivity index is 2.20. The largest absolute Gasteiger partial charge is 0.481 e. The number of nitrogens with zero attached hydrogens (tertiary/aromatic N) is 1. The van der Waals surface area contributed by atoms with Crippen LogP contribution in [0.5, 0.6) is 0 Å². The Morgan fingerprint density at radius 3 is 2.24 bits per heavy atom. The summed E-state index contributed by atoms with van der Waals surface area (Å²) in [6.07, 6.45) is 10.6. The van der Waals surface area contributed by atoms with Crippen LogP contribution >= 0.6 is 0 Å². The fourth-order valence-electron chi connectivity index (χ4n) is 2.76. The lowest BCUT2D eigenvalue weighted by atomic mass is 10.1. The monoisotopic (exact) mass is 403 g/mol. The molecule has 0 heterocycles. The summed E-state index contributed by atoms with van der Waals surface area (Å²) in [5.74, 6) is -1.34. The lowest BCUT2D eigenvalue weighted by Gasteiger charge is -2.04. The Bertz CT molecular complexity index is 652. The number of aliphatic carboxylic acids is 1. The van der Waals surface area contributed by atoms with Gasteiger partial charge in [0, 0.05) is 19.1 Å². The van der Waals surface area contributed by atoms with Gasteiger partial charge >= 0.3 is 11.9 Å². The normalized spacial score (nSPS) is 10.9. The van der Waals surface area contributed by atoms with E-state index in [1.165, 1.54) is 32.1 Å². The summed E-state index contributed by atoms with van der Waals surface area (Å²) in [4.78, 5) is 38.0. The highest BCUT2D eigenvalue weighted by atomic mass is 16.5. The van der Waals surface area contributed by atoms with Crippen LogP contribution in [0.1, 0.15) is 83.1 Å². The van der Waals surface area contributed by atoms with Gasteiger partial charge in [-0.15, -0.1) is 0 Å². The van der Waals surface area contributed by atoms with Crippen LogP contribution in [-0.2, 0) is 25.7 Å². The van der Waals surface area contributed by atoms with Gasteiger partial charge in [-0.25, -0.2) is 0 Å². The molecule has 1 aromatic carbocycles. The molecule has 0 aromatic heterocycles. The van der Waals surface area contributed by atoms with Gasteiger partial charge in [-0.1, -0.05) is 57.6 Å². The lowest BCUT2D eigenvalue weighted by Crippen LogP contribution is -2.07. The fourth-order valence-corrected chi connectivity index (χ4v) is 2.76. The van der Waals surface area contributed by atoms with Crippen LogP contribution in [-0.4, -0.2) is 29.0 Å². The van der Waals surface area contributed by atoms with Gasteiger partial charge in [-0.2, -0.15) is 0 Å². The maximum Gasteiger partial charge on any atom is 0.306 e. The summed E-state index contributed by atoms with van der Waals surface area (Å²) in [6.45, 7) is 2.30. The zero-order chi connectivity index (χ0) is 21.3. The van der Waals surface area contributed by atoms with Gasteiger partial charge in [0.05, 0.1) is 18.5 Å². The second-order valence-corrected chi connectivity index (χ2v) is 7.15. The molecule has 0 amide bonds. The van der Waals surface area contributed by atoms with Gasteiger partial charge in [0.25, 0.3) is 0 Å². The van der Waals surface area contributed by atoms with Crippen LogP contribution in [0.15, 0.2) is 29.3 Å². The van der Waals surface area contributed by atoms with Gasteiger partial charge in [-0.3, -0.25) is 19.4 Å². The van der Waals surface area contributed by atoms with Crippen molar-refractivity contribution < 1.29 is 24.2 Å². The number of ether oxygens (including phenoxy) is 1. The van der Waals surface area contributed by atoms with E-state index in [1.54, 1.807) is 30.5 Å². The first-order valence-electron chi connectivity index (χ1n) is 10.5. The summed E-state index contributed by atoms with van der Waals surface area (Å²) < 4.78 is 5.02. The van der Waals surface area contributed by atoms with Crippen molar-refractivity contribution in [3.8, 4) is 0 Å². The third-order valence-electron chi connectivity index (χ3n) is 4.50. The van der Waals surface area contributed by atoms with Gasteiger partial charge in [0.15, 0.2) is 0 Å². The highest BCUT2D eigenvalue weighted by molar-refractivity contribution is 5.92. The minimum Gasteiger partial charge on any atom is -0.481 e. The van der Waals surface area contributed by atoms with Crippen molar-refractivity contribution in [3.63, 3.8) is 0 Å². The van der Waals surface area contributed by atoms with Crippen LogP contribution in [0, 0.1) is 0 Å². The Morgan fingerprint density at radius 2 is 1.59 bits per heavy atom. The van der Waals surface area contributed by atoms with E-state index in [0.29, 0.717) is 12.8 Å². The molecule has 1 rings (SSSR count). The van der Waals surface area contributed by atoms with Gasteiger partial charge < -0.3 is 9.84 Å². The smallest absolute Gasteiger partial charge is 0.306 e. The van der Waals surface area contributed by atoms with E-state index in [-0.39, 0.29) is 25.2 Å². The number of hydrogen-bond donors (Lipinski definition) is 1. The van der Waals surface area contributed by atoms with Crippen LogP contribution < -0.4 is 0 Å². The molecular weight excluding hydrogens is 370 g/mol. The molecule has 160 valence electrons. The van der Waals surface area contributed by atoms with E-state index < -0.39 is 11.9 Å². The summed E-state index contributed by atoms with van der Waals surface area (Å²) in [5.41, 5.74) is 1.53. The average molecular weight is 404 g/mol. The minimum absolute atomic E-state index is 0.0966. The molecule has 0 fully saturated rings. The van der Waals surface area contributed by atoms with Gasteiger partial charge in [0.1, 0.15) is 12.4 Å². The highest BCUT2D eigenvalue weighted by Crippen LogP contribution is 2.14. The van der Waals surface area contributed by atoms with Crippen molar-refractivity contribution in [3.05, 3.63) is 29.8 Å². The summed E-state index contributed by atoms with van der Waals surface area (Å²) in [6, 6.07) is 7.16. The second-order valence-electron chi connectivity index (χ2n) is 7.15. The molecule has 0 aliphatic heterocycles. The Labute approximate surface area is 173 Å². The summed E-state index contributed by atoms with van der Waals surface area (Å²) >= 11 is 0. The molecule has 6 heteroatoms. The Kier molecular flexibility index (Phi) is 13.1. The zero-order valence-corrected chi connectivity index (χ0v) is 17.4. The number of unbranched alkanes of at least 4 members (excludes halogenated alkanes) is 6. The highest BCUT2D eigenvalue weighted by Gasteiger charge is 2.06. The molecule has 0 spiro atoms. The third-order valence-corrected chi connectivity index (χ3v) is 4.50. The van der Waals surface area contributed by atoms with E-state index in [4.69, 9.17) is 9.84 Å². The first kappa shape index (κ1) is 24.5. The zero-order valence-electron chi connectivity index (χ0n) is 17.4.